The van der Waals surface area contributed by atoms with Crippen molar-refractivity contribution >= 4 is 29.2 Å². The first kappa shape index (κ1) is 33.5. The summed E-state index contributed by atoms with van der Waals surface area (Å²) in [6.07, 6.45) is 5.21. The van der Waals surface area contributed by atoms with Gasteiger partial charge in [0, 0.05) is 0 Å². The molecule has 0 N–H and O–H groups in total. The maximum absolute atomic E-state index is 4.93. The third-order valence-electron chi connectivity index (χ3n) is 11.5. The molecule has 9 rings (SSSR count). The Balaban J connectivity index is 0.000000717. The average Bonchev–Trinajstić information content (AvgIpc) is 3.73. The Morgan fingerprint density at radius 1 is 0.435 bits per heavy atom. The van der Waals surface area contributed by atoms with Crippen LogP contribution >= 0.6 is 17.0 Å². The van der Waals surface area contributed by atoms with E-state index in [1.54, 1.807) is 27.7 Å². The van der Waals surface area contributed by atoms with Gasteiger partial charge >= 0.3 is 37.9 Å². The van der Waals surface area contributed by atoms with Gasteiger partial charge in [-0.2, -0.15) is 0 Å². The predicted octanol–water partition coefficient (Wildman–Crippen LogP) is 12.1. The van der Waals surface area contributed by atoms with Crippen LogP contribution < -0.4 is 5.46 Å². The van der Waals surface area contributed by atoms with Crippen LogP contribution in [0.2, 0.25) is 11.6 Å². The standard InChI is InChI=1S/C40H35B.2CH3.2ClH.Zr/c1-2-12-26(13-3-1)41(37-24-22-35-31-18-6-4-14-27(31)29-16-8-10-20-33(29)39(35)37)38-25-23-36-32-19-7-5-15-28(32)30-17-9-11-21-34(30)40(36)38;;;;;/h1-21,35-40H,22-25H2;2*1H3;2*1H;/q;2*-1;;;+4/p-2. The van der Waals surface area contributed by atoms with Gasteiger partial charge < -0.3 is 14.9 Å². The fourth-order valence-electron chi connectivity index (χ4n) is 10.1. The normalized spacial score (nSPS) is 24.0. The van der Waals surface area contributed by atoms with Gasteiger partial charge in [-0.1, -0.05) is 146 Å². The van der Waals surface area contributed by atoms with Crippen LogP contribution in [-0.4, -0.2) is 6.71 Å². The molecule has 230 valence electrons. The van der Waals surface area contributed by atoms with Crippen LogP contribution in [0.3, 0.4) is 0 Å². The van der Waals surface area contributed by atoms with Gasteiger partial charge in [-0.15, -0.1) is 0 Å². The molecule has 4 aliphatic rings. The van der Waals surface area contributed by atoms with Crippen molar-refractivity contribution in [3.63, 3.8) is 0 Å². The Kier molecular flexibility index (Phi) is 10.5. The molecule has 6 unspecified atom stereocenters. The van der Waals surface area contributed by atoms with E-state index in [0.29, 0.717) is 42.0 Å². The van der Waals surface area contributed by atoms with Crippen LogP contribution in [0.5, 0.6) is 0 Å². The molecule has 5 aromatic carbocycles. The quantitative estimate of drug-likeness (QED) is 0.129. The van der Waals surface area contributed by atoms with Crippen LogP contribution in [0.15, 0.2) is 127 Å². The summed E-state index contributed by atoms with van der Waals surface area (Å²) in [5.41, 5.74) is 13.8. The van der Waals surface area contributed by atoms with Gasteiger partial charge in [0.15, 0.2) is 6.71 Å². The summed E-state index contributed by atoms with van der Waals surface area (Å²) in [6, 6.07) is 49.0. The molecule has 2 fully saturated rings. The van der Waals surface area contributed by atoms with E-state index in [-0.39, 0.29) is 14.9 Å². The Bertz CT molecular complexity index is 1680. The topological polar surface area (TPSA) is 0 Å². The molecule has 0 aromatic heterocycles. The minimum absolute atomic E-state index is 0. The number of fused-ring (bicyclic) bond motifs is 12. The second-order valence-electron chi connectivity index (χ2n) is 13.1. The van der Waals surface area contributed by atoms with Gasteiger partial charge in [0.2, 0.25) is 0 Å². The van der Waals surface area contributed by atoms with Crippen molar-refractivity contribution in [2.24, 2.45) is 0 Å². The van der Waals surface area contributed by atoms with Crippen molar-refractivity contribution in [1.29, 1.82) is 0 Å². The van der Waals surface area contributed by atoms with Gasteiger partial charge in [0.1, 0.15) is 0 Å². The van der Waals surface area contributed by atoms with Gasteiger partial charge in [-0.25, -0.2) is 0 Å². The van der Waals surface area contributed by atoms with E-state index >= 15 is 0 Å². The van der Waals surface area contributed by atoms with Crippen LogP contribution in [0.25, 0.3) is 22.3 Å². The van der Waals surface area contributed by atoms with Crippen LogP contribution in [-0.2, 0) is 20.8 Å². The summed E-state index contributed by atoms with van der Waals surface area (Å²) in [7, 11) is 9.87. The summed E-state index contributed by atoms with van der Waals surface area (Å²) in [4.78, 5) is 0. The molecule has 6 atom stereocenters. The molecule has 0 radical (unpaired) electrons. The van der Waals surface area contributed by atoms with E-state index < -0.39 is 20.8 Å². The third kappa shape index (κ3) is 5.51. The molecule has 2 saturated carbocycles. The Morgan fingerprint density at radius 3 is 1.17 bits per heavy atom. The second-order valence-corrected chi connectivity index (χ2v) is 16.8. The number of hydrogen-bond acceptors (Lipinski definition) is 0. The molecule has 46 heavy (non-hydrogen) atoms. The van der Waals surface area contributed by atoms with E-state index in [0.717, 1.165) is 0 Å². The zero-order valence-corrected chi connectivity index (χ0v) is 30.7. The molecule has 0 heterocycles. The summed E-state index contributed by atoms with van der Waals surface area (Å²) in [5.74, 6) is 3.69. The maximum Gasteiger partial charge on any atom is 0.183 e. The van der Waals surface area contributed by atoms with E-state index in [1.807, 2.05) is 0 Å². The zero-order valence-electron chi connectivity index (χ0n) is 26.8. The SMILES string of the molecule is [CH3-].[CH3-].[Cl][Zr+2][Cl].c1ccc(B(C2CCC3c4ccccc4-c4ccccc4C23)C2CCC3c4ccccc4-c4ccccc4C23)cc1. The van der Waals surface area contributed by atoms with Gasteiger partial charge in [0.25, 0.3) is 0 Å². The Hall–Kier alpha value is -2.37. The number of benzene rings is 5. The molecule has 0 bridgehead atoms. The van der Waals surface area contributed by atoms with Crippen LogP contribution in [0, 0.1) is 14.9 Å². The molecule has 0 saturated heterocycles. The zero-order chi connectivity index (χ0) is 29.6. The smallest absolute Gasteiger partial charge is 0.0794 e. The molecule has 4 aliphatic carbocycles. The molecule has 0 amide bonds. The maximum atomic E-state index is 4.93. The van der Waals surface area contributed by atoms with Crippen molar-refractivity contribution in [3.05, 3.63) is 165 Å². The van der Waals surface area contributed by atoms with Crippen molar-refractivity contribution in [3.8, 4) is 22.3 Å². The fourth-order valence-corrected chi connectivity index (χ4v) is 10.1. The second kappa shape index (κ2) is 14.4. The molecule has 4 heteroatoms. The number of halogens is 2. The van der Waals surface area contributed by atoms with Gasteiger partial charge in [0.05, 0.1) is 0 Å². The molecule has 0 nitrogen and oxygen atoms in total. The van der Waals surface area contributed by atoms with E-state index in [9.17, 15) is 0 Å². The Morgan fingerprint density at radius 2 is 0.761 bits per heavy atom. The van der Waals surface area contributed by atoms with Gasteiger partial charge in [-0.05, 0) is 92.7 Å². The van der Waals surface area contributed by atoms with Crippen LogP contribution in [0.1, 0.15) is 71.6 Å². The van der Waals surface area contributed by atoms with Crippen molar-refractivity contribution in [2.75, 3.05) is 0 Å². The largest absolute Gasteiger partial charge is 0.183 e. The van der Waals surface area contributed by atoms with E-state index in [1.165, 1.54) is 47.9 Å². The molecular formula is C42H41BCl2Zr. The third-order valence-corrected chi connectivity index (χ3v) is 11.5. The predicted molar refractivity (Wildman–Crippen MR) is 197 cm³/mol. The van der Waals surface area contributed by atoms with Crippen molar-refractivity contribution in [2.45, 2.75) is 61.0 Å². The minimum Gasteiger partial charge on any atom is -0.0794 e. The number of hydrogen-bond donors (Lipinski definition) is 0. The number of rotatable bonds is 3. The monoisotopic (exact) mass is 716 g/mol. The van der Waals surface area contributed by atoms with Crippen molar-refractivity contribution in [1.82, 2.24) is 0 Å². The molecular weight excluding hydrogens is 677 g/mol. The van der Waals surface area contributed by atoms with E-state index in [2.05, 4.69) is 127 Å². The average molecular weight is 719 g/mol. The van der Waals surface area contributed by atoms with Crippen LogP contribution in [0.4, 0.5) is 0 Å². The summed E-state index contributed by atoms with van der Waals surface area (Å²) >= 11 is -0.826. The first-order valence-corrected chi connectivity index (χ1v) is 22.5. The minimum atomic E-state index is -0.826. The first-order chi connectivity index (χ1) is 21.8. The Labute approximate surface area is 295 Å². The summed E-state index contributed by atoms with van der Waals surface area (Å²) in [6.45, 7) is 0.554. The fraction of sp³-hybridized carbons (Fsp3) is 0.238. The first-order valence-electron chi connectivity index (χ1n) is 16.2. The van der Waals surface area contributed by atoms with Crippen molar-refractivity contribution < 1.29 is 20.8 Å². The van der Waals surface area contributed by atoms with E-state index in [4.69, 9.17) is 17.0 Å². The summed E-state index contributed by atoms with van der Waals surface area (Å²) in [5, 5.41) is 0. The van der Waals surface area contributed by atoms with Gasteiger partial charge in [-0.3, -0.25) is 0 Å². The molecule has 5 aromatic rings. The summed E-state index contributed by atoms with van der Waals surface area (Å²) < 4.78 is 0. The molecule has 0 spiro atoms. The molecule has 0 aliphatic heterocycles.